The third-order valence-corrected chi connectivity index (χ3v) is 3.28. The van der Waals surface area contributed by atoms with Crippen LogP contribution in [0.3, 0.4) is 0 Å². The van der Waals surface area contributed by atoms with Gasteiger partial charge in [0.2, 0.25) is 5.91 Å². The maximum absolute atomic E-state index is 11.7. The Morgan fingerprint density at radius 2 is 1.74 bits per heavy atom. The zero-order chi connectivity index (χ0) is 16.5. The summed E-state index contributed by atoms with van der Waals surface area (Å²) in [4.78, 5) is 11.7. The van der Waals surface area contributed by atoms with E-state index in [2.05, 4.69) is 5.32 Å². The molecule has 120 valence electrons. The minimum absolute atomic E-state index is 0.166. The monoisotopic (exact) mass is 331 g/mol. The average molecular weight is 332 g/mol. The Morgan fingerprint density at radius 1 is 1.09 bits per heavy atom. The van der Waals surface area contributed by atoms with E-state index in [1.54, 1.807) is 37.5 Å². The lowest BCUT2D eigenvalue weighted by Gasteiger charge is -2.06. The van der Waals surface area contributed by atoms with Crippen LogP contribution in [0.2, 0.25) is 5.02 Å². The molecule has 0 aliphatic rings. The lowest BCUT2D eigenvalue weighted by molar-refractivity contribution is -0.116. The van der Waals surface area contributed by atoms with Crippen molar-refractivity contribution < 1.29 is 14.3 Å². The van der Waals surface area contributed by atoms with E-state index in [4.69, 9.17) is 21.1 Å². The summed E-state index contributed by atoms with van der Waals surface area (Å²) in [5, 5.41) is 3.42. The van der Waals surface area contributed by atoms with Gasteiger partial charge in [-0.3, -0.25) is 4.79 Å². The van der Waals surface area contributed by atoms with Crippen LogP contribution in [0.25, 0.3) is 6.08 Å². The molecule has 0 saturated carbocycles. The normalized spacial score (nSPS) is 10.5. The van der Waals surface area contributed by atoms with Gasteiger partial charge in [0.25, 0.3) is 0 Å². The highest BCUT2D eigenvalue weighted by Crippen LogP contribution is 2.15. The molecule has 5 heteroatoms. The van der Waals surface area contributed by atoms with E-state index in [1.807, 2.05) is 24.3 Å². The highest BCUT2D eigenvalue weighted by Gasteiger charge is 1.97. The Kier molecular flexibility index (Phi) is 6.51. The predicted octanol–water partition coefficient (Wildman–Crippen LogP) is 3.56. The largest absolute Gasteiger partial charge is 0.497 e. The summed E-state index contributed by atoms with van der Waals surface area (Å²) in [6.07, 6.45) is 3.24. The van der Waals surface area contributed by atoms with Crippen LogP contribution < -0.4 is 14.8 Å². The number of carbonyl (C=O) groups is 1. The molecule has 0 fully saturated rings. The summed E-state index contributed by atoms with van der Waals surface area (Å²) in [6, 6.07) is 14.5. The topological polar surface area (TPSA) is 47.6 Å². The predicted molar refractivity (Wildman–Crippen MR) is 92.0 cm³/mol. The van der Waals surface area contributed by atoms with Crippen molar-refractivity contribution in [1.29, 1.82) is 0 Å². The maximum atomic E-state index is 11.7. The van der Waals surface area contributed by atoms with E-state index in [-0.39, 0.29) is 5.91 Å². The Hall–Kier alpha value is -2.46. The second-order valence-electron chi connectivity index (χ2n) is 4.70. The SMILES string of the molecule is COc1ccc(/C=C/C(=O)NCCOc2ccc(Cl)cc2)cc1. The number of carbonyl (C=O) groups excluding carboxylic acids is 1. The van der Waals surface area contributed by atoms with Gasteiger partial charge in [0, 0.05) is 11.1 Å². The molecule has 0 bridgehead atoms. The lowest BCUT2D eigenvalue weighted by atomic mass is 10.2. The van der Waals surface area contributed by atoms with Crippen molar-refractivity contribution in [3.05, 3.63) is 65.2 Å². The standard InChI is InChI=1S/C18H18ClNO3/c1-22-16-7-2-14(3-8-16)4-11-18(21)20-12-13-23-17-9-5-15(19)6-10-17/h2-11H,12-13H2,1H3,(H,20,21)/b11-4+. The third kappa shape index (κ3) is 6.04. The molecule has 0 radical (unpaired) electrons. The Morgan fingerprint density at radius 3 is 2.39 bits per heavy atom. The van der Waals surface area contributed by atoms with E-state index in [1.165, 1.54) is 6.08 Å². The number of nitrogens with one attached hydrogen (secondary N) is 1. The van der Waals surface area contributed by atoms with Gasteiger partial charge in [0.1, 0.15) is 18.1 Å². The van der Waals surface area contributed by atoms with Crippen LogP contribution in [-0.2, 0) is 4.79 Å². The minimum Gasteiger partial charge on any atom is -0.497 e. The molecule has 0 unspecified atom stereocenters. The smallest absolute Gasteiger partial charge is 0.244 e. The first-order valence-corrected chi connectivity index (χ1v) is 7.53. The summed E-state index contributed by atoms with van der Waals surface area (Å²) in [6.45, 7) is 0.818. The first kappa shape index (κ1) is 16.9. The van der Waals surface area contributed by atoms with Crippen LogP contribution in [-0.4, -0.2) is 26.2 Å². The molecule has 0 heterocycles. The van der Waals surface area contributed by atoms with Gasteiger partial charge in [0.05, 0.1) is 13.7 Å². The maximum Gasteiger partial charge on any atom is 0.244 e. The number of hydrogen-bond acceptors (Lipinski definition) is 3. The zero-order valence-electron chi connectivity index (χ0n) is 12.8. The van der Waals surface area contributed by atoms with Crippen LogP contribution in [0.4, 0.5) is 0 Å². The zero-order valence-corrected chi connectivity index (χ0v) is 13.5. The number of rotatable bonds is 7. The third-order valence-electron chi connectivity index (χ3n) is 3.03. The first-order chi connectivity index (χ1) is 11.2. The molecule has 0 aliphatic carbocycles. The Bertz CT molecular complexity index is 651. The fourth-order valence-electron chi connectivity index (χ4n) is 1.82. The summed E-state index contributed by atoms with van der Waals surface area (Å²) in [5.74, 6) is 1.34. The number of ether oxygens (including phenoxy) is 2. The average Bonchev–Trinajstić information content (AvgIpc) is 2.59. The van der Waals surface area contributed by atoms with Crippen molar-refractivity contribution in [3.63, 3.8) is 0 Å². The van der Waals surface area contributed by atoms with Crippen molar-refractivity contribution in [2.75, 3.05) is 20.3 Å². The van der Waals surface area contributed by atoms with Crippen LogP contribution in [0.1, 0.15) is 5.56 Å². The number of hydrogen-bond donors (Lipinski definition) is 1. The second-order valence-corrected chi connectivity index (χ2v) is 5.14. The number of benzene rings is 2. The van der Waals surface area contributed by atoms with Crippen LogP contribution in [0.15, 0.2) is 54.6 Å². The Labute approximate surface area is 140 Å². The minimum atomic E-state index is -0.166. The van der Waals surface area contributed by atoms with E-state index >= 15 is 0 Å². The summed E-state index contributed by atoms with van der Waals surface area (Å²) in [5.41, 5.74) is 0.929. The molecule has 0 atom stereocenters. The molecule has 1 N–H and O–H groups in total. The van der Waals surface area contributed by atoms with E-state index in [0.29, 0.717) is 18.2 Å². The van der Waals surface area contributed by atoms with Crippen LogP contribution in [0.5, 0.6) is 11.5 Å². The molecule has 0 aliphatic heterocycles. The quantitative estimate of drug-likeness (QED) is 0.623. The van der Waals surface area contributed by atoms with E-state index in [0.717, 1.165) is 17.1 Å². The van der Waals surface area contributed by atoms with Crippen LogP contribution >= 0.6 is 11.6 Å². The van der Waals surface area contributed by atoms with Gasteiger partial charge in [-0.05, 0) is 48.0 Å². The molecule has 23 heavy (non-hydrogen) atoms. The summed E-state index contributed by atoms with van der Waals surface area (Å²) >= 11 is 5.79. The molecule has 2 rings (SSSR count). The number of halogens is 1. The van der Waals surface area contributed by atoms with Gasteiger partial charge >= 0.3 is 0 Å². The van der Waals surface area contributed by atoms with Gasteiger partial charge in [0.15, 0.2) is 0 Å². The van der Waals surface area contributed by atoms with Gasteiger partial charge in [-0.15, -0.1) is 0 Å². The van der Waals surface area contributed by atoms with Gasteiger partial charge in [-0.25, -0.2) is 0 Å². The van der Waals surface area contributed by atoms with E-state index in [9.17, 15) is 4.79 Å². The van der Waals surface area contributed by atoms with Gasteiger partial charge in [-0.2, -0.15) is 0 Å². The van der Waals surface area contributed by atoms with Crippen molar-refractivity contribution in [2.24, 2.45) is 0 Å². The van der Waals surface area contributed by atoms with Gasteiger partial charge < -0.3 is 14.8 Å². The van der Waals surface area contributed by atoms with Crippen molar-refractivity contribution >= 4 is 23.6 Å². The van der Waals surface area contributed by atoms with Crippen molar-refractivity contribution in [3.8, 4) is 11.5 Å². The molecule has 4 nitrogen and oxygen atoms in total. The first-order valence-electron chi connectivity index (χ1n) is 7.16. The molecule has 0 aromatic heterocycles. The van der Waals surface area contributed by atoms with Crippen molar-refractivity contribution in [2.45, 2.75) is 0 Å². The van der Waals surface area contributed by atoms with Gasteiger partial charge in [-0.1, -0.05) is 23.7 Å². The molecule has 0 spiro atoms. The molecule has 1 amide bonds. The van der Waals surface area contributed by atoms with Crippen molar-refractivity contribution in [1.82, 2.24) is 5.32 Å². The molecular formula is C18H18ClNO3. The number of amides is 1. The molecule has 0 saturated heterocycles. The Balaban J connectivity index is 1.69. The highest BCUT2D eigenvalue weighted by atomic mass is 35.5. The molecule has 2 aromatic rings. The summed E-state index contributed by atoms with van der Waals surface area (Å²) < 4.78 is 10.6. The molecule has 2 aromatic carbocycles. The second kappa shape index (κ2) is 8.86. The van der Waals surface area contributed by atoms with Crippen LogP contribution in [0, 0.1) is 0 Å². The lowest BCUT2D eigenvalue weighted by Crippen LogP contribution is -2.26. The molecular weight excluding hydrogens is 314 g/mol. The fourth-order valence-corrected chi connectivity index (χ4v) is 1.95. The fraction of sp³-hybridized carbons (Fsp3) is 0.167. The summed E-state index contributed by atoms with van der Waals surface area (Å²) in [7, 11) is 1.62. The highest BCUT2D eigenvalue weighted by molar-refractivity contribution is 6.30. The van der Waals surface area contributed by atoms with E-state index < -0.39 is 0 Å². The number of methoxy groups -OCH3 is 1.